The van der Waals surface area contributed by atoms with Gasteiger partial charge in [0.15, 0.2) is 0 Å². The number of rotatable bonds is 5. The molecule has 3 N–H and O–H groups in total. The third-order valence-corrected chi connectivity index (χ3v) is 3.43. The van der Waals surface area contributed by atoms with E-state index < -0.39 is 0 Å². The normalized spacial score (nSPS) is 16.3. The SMILES string of the molecule is CC(CNc1ncc(C#N)cc1N)N(C)C1CC1. The molecule has 1 heterocycles. The summed E-state index contributed by atoms with van der Waals surface area (Å²) in [5.41, 5.74) is 6.85. The fraction of sp³-hybridized carbons (Fsp3) is 0.538. The molecule has 1 atom stereocenters. The summed E-state index contributed by atoms with van der Waals surface area (Å²) in [5, 5.41) is 12.0. The second-order valence-corrected chi connectivity index (χ2v) is 4.90. The molecular weight excluding hydrogens is 226 g/mol. The van der Waals surface area contributed by atoms with Crippen LogP contribution in [0.15, 0.2) is 12.3 Å². The lowest BCUT2D eigenvalue weighted by Gasteiger charge is -2.25. The van der Waals surface area contributed by atoms with Crippen LogP contribution >= 0.6 is 0 Å². The third-order valence-electron chi connectivity index (χ3n) is 3.43. The van der Waals surface area contributed by atoms with Crippen LogP contribution in [0, 0.1) is 11.3 Å². The Balaban J connectivity index is 1.91. The van der Waals surface area contributed by atoms with Crippen molar-refractivity contribution in [2.24, 2.45) is 0 Å². The lowest BCUT2D eigenvalue weighted by Crippen LogP contribution is -2.36. The quantitative estimate of drug-likeness (QED) is 0.820. The second-order valence-electron chi connectivity index (χ2n) is 4.90. The molecule has 0 saturated heterocycles. The number of anilines is 2. The van der Waals surface area contributed by atoms with E-state index in [1.165, 1.54) is 19.0 Å². The second kappa shape index (κ2) is 5.23. The zero-order valence-electron chi connectivity index (χ0n) is 10.8. The standard InChI is InChI=1S/C13H19N5/c1-9(18(2)11-3-4-11)7-16-13-12(15)5-10(6-14)8-17-13/h5,8-9,11H,3-4,7,15H2,1-2H3,(H,16,17). The number of aromatic nitrogens is 1. The van der Waals surface area contributed by atoms with Crippen molar-refractivity contribution >= 4 is 11.5 Å². The Bertz CT molecular complexity index is 461. The molecule has 1 aliphatic carbocycles. The van der Waals surface area contributed by atoms with E-state index in [9.17, 15) is 0 Å². The fourth-order valence-corrected chi connectivity index (χ4v) is 1.92. The minimum absolute atomic E-state index is 0.439. The van der Waals surface area contributed by atoms with Crippen molar-refractivity contribution in [1.82, 2.24) is 9.88 Å². The van der Waals surface area contributed by atoms with Crippen LogP contribution in [0.1, 0.15) is 25.3 Å². The van der Waals surface area contributed by atoms with Crippen molar-refractivity contribution in [3.8, 4) is 6.07 Å². The van der Waals surface area contributed by atoms with E-state index >= 15 is 0 Å². The summed E-state index contributed by atoms with van der Waals surface area (Å²) in [4.78, 5) is 6.55. The van der Waals surface area contributed by atoms with E-state index in [0.717, 1.165) is 12.6 Å². The van der Waals surface area contributed by atoms with Gasteiger partial charge in [-0.1, -0.05) is 0 Å². The molecule has 0 amide bonds. The zero-order valence-corrected chi connectivity index (χ0v) is 10.8. The molecule has 0 spiro atoms. The predicted octanol–water partition coefficient (Wildman–Crippen LogP) is 1.43. The smallest absolute Gasteiger partial charge is 0.149 e. The lowest BCUT2D eigenvalue weighted by atomic mass is 10.2. The lowest BCUT2D eigenvalue weighted by molar-refractivity contribution is 0.257. The van der Waals surface area contributed by atoms with Gasteiger partial charge in [0.1, 0.15) is 11.9 Å². The van der Waals surface area contributed by atoms with Gasteiger partial charge in [-0.15, -0.1) is 0 Å². The molecule has 0 aliphatic heterocycles. The first kappa shape index (κ1) is 12.7. The van der Waals surface area contributed by atoms with Crippen LogP contribution in [-0.2, 0) is 0 Å². The van der Waals surface area contributed by atoms with Crippen molar-refractivity contribution in [3.05, 3.63) is 17.8 Å². The highest BCUT2D eigenvalue weighted by molar-refractivity contribution is 5.63. The number of nitrogens with two attached hydrogens (primary N) is 1. The Morgan fingerprint density at radius 2 is 2.39 bits per heavy atom. The van der Waals surface area contributed by atoms with Crippen LogP contribution in [0.2, 0.25) is 0 Å². The molecule has 96 valence electrons. The number of nitrogens with one attached hydrogen (secondary N) is 1. The number of nitrogens with zero attached hydrogens (tertiary/aromatic N) is 3. The predicted molar refractivity (Wildman–Crippen MR) is 72.1 cm³/mol. The average Bonchev–Trinajstić information content (AvgIpc) is 3.20. The molecule has 0 bridgehead atoms. The molecule has 5 nitrogen and oxygen atoms in total. The van der Waals surface area contributed by atoms with Gasteiger partial charge in [-0.3, -0.25) is 4.90 Å². The highest BCUT2D eigenvalue weighted by atomic mass is 15.2. The number of pyridine rings is 1. The molecule has 1 fully saturated rings. The van der Waals surface area contributed by atoms with Crippen LogP contribution in [-0.4, -0.2) is 35.6 Å². The molecule has 1 unspecified atom stereocenters. The van der Waals surface area contributed by atoms with Crippen molar-refractivity contribution in [1.29, 1.82) is 5.26 Å². The average molecular weight is 245 g/mol. The van der Waals surface area contributed by atoms with Crippen molar-refractivity contribution in [3.63, 3.8) is 0 Å². The topological polar surface area (TPSA) is 78.0 Å². The summed E-state index contributed by atoms with van der Waals surface area (Å²) < 4.78 is 0. The van der Waals surface area contributed by atoms with Gasteiger partial charge in [0.05, 0.1) is 11.3 Å². The molecule has 0 aromatic carbocycles. The van der Waals surface area contributed by atoms with Gasteiger partial charge >= 0.3 is 0 Å². The minimum atomic E-state index is 0.439. The molecule has 2 rings (SSSR count). The Kier molecular flexibility index (Phi) is 3.68. The van der Waals surface area contributed by atoms with Crippen LogP contribution in [0.3, 0.4) is 0 Å². The maximum absolute atomic E-state index is 8.74. The molecular formula is C13H19N5. The van der Waals surface area contributed by atoms with Gasteiger partial charge < -0.3 is 11.1 Å². The van der Waals surface area contributed by atoms with Gasteiger partial charge in [0.25, 0.3) is 0 Å². The fourth-order valence-electron chi connectivity index (χ4n) is 1.92. The summed E-state index contributed by atoms with van der Waals surface area (Å²) in [5.74, 6) is 0.657. The largest absolute Gasteiger partial charge is 0.396 e. The first-order valence-corrected chi connectivity index (χ1v) is 6.23. The number of likely N-dealkylation sites (N-methyl/N-ethyl adjacent to an activating group) is 1. The van der Waals surface area contributed by atoms with Gasteiger partial charge in [0, 0.05) is 24.8 Å². The number of nitriles is 1. The molecule has 5 heteroatoms. The number of hydrogen-bond donors (Lipinski definition) is 2. The molecule has 1 aliphatic rings. The number of nitrogen functional groups attached to an aromatic ring is 1. The zero-order chi connectivity index (χ0) is 13.1. The van der Waals surface area contributed by atoms with Gasteiger partial charge in [-0.05, 0) is 32.9 Å². The van der Waals surface area contributed by atoms with E-state index in [4.69, 9.17) is 11.0 Å². The Morgan fingerprint density at radius 1 is 1.67 bits per heavy atom. The van der Waals surface area contributed by atoms with Crippen molar-refractivity contribution in [2.75, 3.05) is 24.6 Å². The van der Waals surface area contributed by atoms with E-state index in [0.29, 0.717) is 23.1 Å². The van der Waals surface area contributed by atoms with Crippen LogP contribution in [0.5, 0.6) is 0 Å². The van der Waals surface area contributed by atoms with Crippen molar-refractivity contribution < 1.29 is 0 Å². The first-order chi connectivity index (χ1) is 8.61. The highest BCUT2D eigenvalue weighted by Crippen LogP contribution is 2.27. The molecule has 1 aromatic rings. The maximum Gasteiger partial charge on any atom is 0.149 e. The van der Waals surface area contributed by atoms with Crippen molar-refractivity contribution in [2.45, 2.75) is 31.8 Å². The minimum Gasteiger partial charge on any atom is -0.396 e. The molecule has 1 aromatic heterocycles. The summed E-state index contributed by atoms with van der Waals surface area (Å²) in [6.45, 7) is 2.99. The summed E-state index contributed by atoms with van der Waals surface area (Å²) >= 11 is 0. The summed E-state index contributed by atoms with van der Waals surface area (Å²) in [7, 11) is 2.15. The van der Waals surface area contributed by atoms with Gasteiger partial charge in [-0.2, -0.15) is 5.26 Å². The third kappa shape index (κ3) is 2.90. The van der Waals surface area contributed by atoms with Gasteiger partial charge in [0.2, 0.25) is 0 Å². The van der Waals surface area contributed by atoms with Crippen LogP contribution < -0.4 is 11.1 Å². The van der Waals surface area contributed by atoms with E-state index in [-0.39, 0.29) is 0 Å². The van der Waals surface area contributed by atoms with Crippen LogP contribution in [0.25, 0.3) is 0 Å². The summed E-state index contributed by atoms with van der Waals surface area (Å²) in [6, 6.07) is 4.85. The molecule has 0 radical (unpaired) electrons. The summed E-state index contributed by atoms with van der Waals surface area (Å²) in [6.07, 6.45) is 4.14. The van der Waals surface area contributed by atoms with E-state index in [2.05, 4.69) is 29.2 Å². The Labute approximate surface area is 108 Å². The Morgan fingerprint density at radius 3 is 2.94 bits per heavy atom. The van der Waals surface area contributed by atoms with Gasteiger partial charge in [-0.25, -0.2) is 4.98 Å². The Hall–Kier alpha value is -1.80. The van der Waals surface area contributed by atoms with E-state index in [1.807, 2.05) is 6.07 Å². The first-order valence-electron chi connectivity index (χ1n) is 6.23. The monoisotopic (exact) mass is 245 g/mol. The van der Waals surface area contributed by atoms with E-state index in [1.54, 1.807) is 6.07 Å². The highest BCUT2D eigenvalue weighted by Gasteiger charge is 2.28. The maximum atomic E-state index is 8.74. The molecule has 18 heavy (non-hydrogen) atoms. The van der Waals surface area contributed by atoms with Crippen LogP contribution in [0.4, 0.5) is 11.5 Å². The number of hydrogen-bond acceptors (Lipinski definition) is 5. The molecule has 1 saturated carbocycles.